The second-order valence-electron chi connectivity index (χ2n) is 4.74. The Morgan fingerprint density at radius 1 is 1.05 bits per heavy atom. The third-order valence-electron chi connectivity index (χ3n) is 3.21. The average molecular weight is 319 g/mol. The molecule has 0 spiro atoms. The van der Waals surface area contributed by atoms with E-state index in [1.807, 2.05) is 24.4 Å². The molecule has 0 aliphatic carbocycles. The number of aromatic amines is 1. The topological polar surface area (TPSA) is 44.9 Å². The van der Waals surface area contributed by atoms with E-state index in [0.29, 0.717) is 10.0 Å². The van der Waals surface area contributed by atoms with Crippen molar-refractivity contribution in [2.75, 3.05) is 5.32 Å². The van der Waals surface area contributed by atoms with Crippen molar-refractivity contribution in [2.24, 2.45) is 0 Å². The number of nitrogens with one attached hydrogen (secondary N) is 2. The highest BCUT2D eigenvalue weighted by Crippen LogP contribution is 2.23. The summed E-state index contributed by atoms with van der Waals surface area (Å²) >= 11 is 11.8. The summed E-state index contributed by atoms with van der Waals surface area (Å²) < 4.78 is 0. The number of benzene rings is 2. The van der Waals surface area contributed by atoms with Gasteiger partial charge < -0.3 is 10.3 Å². The van der Waals surface area contributed by atoms with Gasteiger partial charge in [-0.3, -0.25) is 4.79 Å². The van der Waals surface area contributed by atoms with E-state index >= 15 is 0 Å². The zero-order valence-electron chi connectivity index (χ0n) is 11.0. The molecule has 0 radical (unpaired) electrons. The first-order chi connectivity index (χ1) is 10.1. The lowest BCUT2D eigenvalue weighted by Gasteiger charge is -2.05. The van der Waals surface area contributed by atoms with Crippen molar-refractivity contribution in [1.82, 2.24) is 4.98 Å². The van der Waals surface area contributed by atoms with Crippen molar-refractivity contribution >= 4 is 45.7 Å². The number of hydrogen-bond acceptors (Lipinski definition) is 1. The van der Waals surface area contributed by atoms with Crippen LogP contribution in [-0.2, 0) is 11.2 Å². The number of hydrogen-bond donors (Lipinski definition) is 2. The fraction of sp³-hybridized carbons (Fsp3) is 0.0625. The highest BCUT2D eigenvalue weighted by atomic mass is 35.5. The molecule has 106 valence electrons. The van der Waals surface area contributed by atoms with E-state index in [1.54, 1.807) is 24.3 Å². The van der Waals surface area contributed by atoms with E-state index in [0.717, 1.165) is 22.2 Å². The largest absolute Gasteiger partial charge is 0.361 e. The van der Waals surface area contributed by atoms with Gasteiger partial charge in [-0.25, -0.2) is 0 Å². The Balaban J connectivity index is 1.77. The van der Waals surface area contributed by atoms with Crippen molar-refractivity contribution in [3.05, 3.63) is 64.3 Å². The maximum Gasteiger partial charge on any atom is 0.228 e. The van der Waals surface area contributed by atoms with Gasteiger partial charge in [0, 0.05) is 32.8 Å². The molecule has 0 atom stereocenters. The van der Waals surface area contributed by atoms with Gasteiger partial charge in [0.25, 0.3) is 0 Å². The molecule has 0 saturated carbocycles. The van der Waals surface area contributed by atoms with Gasteiger partial charge in [0.15, 0.2) is 0 Å². The molecule has 3 aromatic rings. The Morgan fingerprint density at radius 3 is 2.52 bits per heavy atom. The van der Waals surface area contributed by atoms with Gasteiger partial charge >= 0.3 is 0 Å². The number of amides is 1. The van der Waals surface area contributed by atoms with Crippen LogP contribution in [0.4, 0.5) is 5.69 Å². The van der Waals surface area contributed by atoms with Crippen LogP contribution in [0.2, 0.25) is 10.0 Å². The molecule has 0 bridgehead atoms. The molecule has 0 aliphatic heterocycles. The molecule has 1 amide bonds. The number of H-pyrrole nitrogens is 1. The second kappa shape index (κ2) is 5.80. The molecule has 3 nitrogen and oxygen atoms in total. The van der Waals surface area contributed by atoms with Crippen molar-refractivity contribution in [1.29, 1.82) is 0 Å². The second-order valence-corrected chi connectivity index (χ2v) is 5.61. The Hall–Kier alpha value is -1.97. The van der Waals surface area contributed by atoms with E-state index in [4.69, 9.17) is 23.2 Å². The molecule has 0 aliphatic rings. The van der Waals surface area contributed by atoms with Crippen LogP contribution in [0.1, 0.15) is 5.56 Å². The smallest absolute Gasteiger partial charge is 0.228 e. The van der Waals surface area contributed by atoms with Crippen LogP contribution in [0, 0.1) is 0 Å². The van der Waals surface area contributed by atoms with Crippen molar-refractivity contribution < 1.29 is 4.79 Å². The molecule has 5 heteroatoms. The molecular weight excluding hydrogens is 307 g/mol. The number of rotatable bonds is 3. The predicted molar refractivity (Wildman–Crippen MR) is 87.1 cm³/mol. The number of anilines is 1. The van der Waals surface area contributed by atoms with Crippen LogP contribution in [0.25, 0.3) is 10.9 Å². The van der Waals surface area contributed by atoms with Crippen LogP contribution < -0.4 is 5.32 Å². The van der Waals surface area contributed by atoms with Crippen molar-refractivity contribution in [3.8, 4) is 0 Å². The van der Waals surface area contributed by atoms with Gasteiger partial charge in [0.2, 0.25) is 5.91 Å². The van der Waals surface area contributed by atoms with Crippen LogP contribution in [-0.4, -0.2) is 10.9 Å². The van der Waals surface area contributed by atoms with E-state index in [9.17, 15) is 4.79 Å². The van der Waals surface area contributed by atoms with Gasteiger partial charge in [-0.15, -0.1) is 0 Å². The van der Waals surface area contributed by atoms with Gasteiger partial charge in [-0.2, -0.15) is 0 Å². The molecule has 0 fully saturated rings. The van der Waals surface area contributed by atoms with Gasteiger partial charge in [-0.1, -0.05) is 23.2 Å². The number of halogens is 2. The fourth-order valence-electron chi connectivity index (χ4n) is 2.21. The SMILES string of the molecule is O=C(Cc1c[nH]c2ccc(Cl)cc12)Nc1ccc(Cl)cc1. The molecule has 1 heterocycles. The van der Waals surface area contributed by atoms with Crippen molar-refractivity contribution in [3.63, 3.8) is 0 Å². The maximum atomic E-state index is 12.1. The number of fused-ring (bicyclic) bond motifs is 1. The first-order valence-electron chi connectivity index (χ1n) is 6.43. The third-order valence-corrected chi connectivity index (χ3v) is 3.70. The number of carbonyl (C=O) groups excluding carboxylic acids is 1. The molecule has 2 N–H and O–H groups in total. The normalized spacial score (nSPS) is 10.8. The molecule has 0 unspecified atom stereocenters. The van der Waals surface area contributed by atoms with Gasteiger partial charge in [-0.05, 0) is 48.0 Å². The first kappa shape index (κ1) is 14.0. The standard InChI is InChI=1S/C16H12Cl2N2O/c17-11-1-4-13(5-2-11)20-16(21)7-10-9-19-15-6-3-12(18)8-14(10)15/h1-6,8-9,19H,7H2,(H,20,21). The minimum atomic E-state index is -0.0850. The Labute approximate surface area is 131 Å². The predicted octanol–water partition coefficient (Wildman–Crippen LogP) is 4.66. The van der Waals surface area contributed by atoms with Crippen LogP contribution in [0.3, 0.4) is 0 Å². The lowest BCUT2D eigenvalue weighted by Crippen LogP contribution is -2.14. The summed E-state index contributed by atoms with van der Waals surface area (Å²) in [4.78, 5) is 15.2. The summed E-state index contributed by atoms with van der Waals surface area (Å²) in [7, 11) is 0. The lowest BCUT2D eigenvalue weighted by atomic mass is 10.1. The summed E-state index contributed by atoms with van der Waals surface area (Å²) in [6, 6.07) is 12.6. The van der Waals surface area contributed by atoms with Crippen LogP contribution in [0.15, 0.2) is 48.7 Å². The van der Waals surface area contributed by atoms with E-state index in [1.165, 1.54) is 0 Å². The average Bonchev–Trinajstić information content (AvgIpc) is 2.84. The molecule has 3 rings (SSSR count). The Bertz CT molecular complexity index is 794. The van der Waals surface area contributed by atoms with Crippen LogP contribution in [0.5, 0.6) is 0 Å². The molecule has 21 heavy (non-hydrogen) atoms. The summed E-state index contributed by atoms with van der Waals surface area (Å²) in [5.74, 6) is -0.0850. The first-order valence-corrected chi connectivity index (χ1v) is 7.18. The molecule has 2 aromatic carbocycles. The molecule has 1 aromatic heterocycles. The van der Waals surface area contributed by atoms with Crippen LogP contribution >= 0.6 is 23.2 Å². The minimum absolute atomic E-state index is 0.0850. The fourth-order valence-corrected chi connectivity index (χ4v) is 2.51. The monoisotopic (exact) mass is 318 g/mol. The van der Waals surface area contributed by atoms with Gasteiger partial charge in [0.05, 0.1) is 6.42 Å². The zero-order valence-corrected chi connectivity index (χ0v) is 12.5. The van der Waals surface area contributed by atoms with E-state index < -0.39 is 0 Å². The Kier molecular flexibility index (Phi) is 3.86. The summed E-state index contributed by atoms with van der Waals surface area (Å²) in [5, 5.41) is 5.10. The third kappa shape index (κ3) is 3.20. The van der Waals surface area contributed by atoms with Gasteiger partial charge in [0.1, 0.15) is 0 Å². The number of carbonyl (C=O) groups is 1. The van der Waals surface area contributed by atoms with E-state index in [-0.39, 0.29) is 12.3 Å². The molecule has 0 saturated heterocycles. The van der Waals surface area contributed by atoms with Crippen molar-refractivity contribution in [2.45, 2.75) is 6.42 Å². The summed E-state index contributed by atoms with van der Waals surface area (Å²) in [5.41, 5.74) is 2.61. The summed E-state index contributed by atoms with van der Waals surface area (Å²) in [6.07, 6.45) is 2.12. The quantitative estimate of drug-likeness (QED) is 0.725. The zero-order chi connectivity index (χ0) is 14.8. The maximum absolute atomic E-state index is 12.1. The Morgan fingerprint density at radius 2 is 1.76 bits per heavy atom. The highest BCUT2D eigenvalue weighted by Gasteiger charge is 2.09. The highest BCUT2D eigenvalue weighted by molar-refractivity contribution is 6.31. The lowest BCUT2D eigenvalue weighted by molar-refractivity contribution is -0.115. The number of aromatic nitrogens is 1. The molecular formula is C16H12Cl2N2O. The summed E-state index contributed by atoms with van der Waals surface area (Å²) in [6.45, 7) is 0. The van der Waals surface area contributed by atoms with E-state index in [2.05, 4.69) is 10.3 Å². The minimum Gasteiger partial charge on any atom is -0.361 e.